The highest BCUT2D eigenvalue weighted by Crippen LogP contribution is 2.18. The van der Waals surface area contributed by atoms with Gasteiger partial charge in [0.05, 0.1) is 10.7 Å². The van der Waals surface area contributed by atoms with Gasteiger partial charge in [0, 0.05) is 24.9 Å². The van der Waals surface area contributed by atoms with Crippen molar-refractivity contribution >= 4 is 17.2 Å². The second-order valence-corrected chi connectivity index (χ2v) is 6.91. The van der Waals surface area contributed by atoms with Crippen molar-refractivity contribution < 1.29 is 4.79 Å². The molecular formula is C16H27N3OS. The topological polar surface area (TPSA) is 45.2 Å². The molecule has 1 fully saturated rings. The highest BCUT2D eigenvalue weighted by molar-refractivity contribution is 7.09. The number of likely N-dealkylation sites (tertiary alicyclic amines) is 1. The van der Waals surface area contributed by atoms with Crippen LogP contribution in [-0.2, 0) is 11.2 Å². The predicted octanol–water partition coefficient (Wildman–Crippen LogP) is 2.62. The maximum atomic E-state index is 12.2. The molecule has 0 unspecified atom stereocenters. The van der Waals surface area contributed by atoms with Crippen molar-refractivity contribution in [2.75, 3.05) is 26.2 Å². The van der Waals surface area contributed by atoms with E-state index in [9.17, 15) is 4.79 Å². The first kappa shape index (κ1) is 16.4. The van der Waals surface area contributed by atoms with Gasteiger partial charge in [0.15, 0.2) is 0 Å². The number of hydrogen-bond donors (Lipinski definition) is 1. The lowest BCUT2D eigenvalue weighted by Gasteiger charge is -2.32. The summed E-state index contributed by atoms with van der Waals surface area (Å²) in [6.45, 7) is 8.17. The van der Waals surface area contributed by atoms with Gasteiger partial charge in [0.1, 0.15) is 0 Å². The third kappa shape index (κ3) is 5.40. The first-order valence-electron chi connectivity index (χ1n) is 8.08. The highest BCUT2D eigenvalue weighted by atomic mass is 32.1. The zero-order chi connectivity index (χ0) is 15.1. The molecule has 0 atom stereocenters. The number of rotatable bonds is 7. The van der Waals surface area contributed by atoms with Crippen LogP contribution in [0.5, 0.6) is 0 Å². The Balaban J connectivity index is 1.63. The van der Waals surface area contributed by atoms with Gasteiger partial charge in [-0.05, 0) is 51.6 Å². The Labute approximate surface area is 132 Å². The van der Waals surface area contributed by atoms with Crippen LogP contribution in [0.4, 0.5) is 0 Å². The first-order valence-corrected chi connectivity index (χ1v) is 8.96. The van der Waals surface area contributed by atoms with Crippen molar-refractivity contribution in [2.24, 2.45) is 5.92 Å². The monoisotopic (exact) mass is 309 g/mol. The van der Waals surface area contributed by atoms with E-state index in [0.29, 0.717) is 12.3 Å². The predicted molar refractivity (Wildman–Crippen MR) is 87.6 cm³/mol. The van der Waals surface area contributed by atoms with Gasteiger partial charge in [0.25, 0.3) is 0 Å². The molecule has 2 rings (SSSR count). The number of nitrogens with one attached hydrogen (secondary N) is 1. The second kappa shape index (κ2) is 8.49. The minimum atomic E-state index is 0.323. The van der Waals surface area contributed by atoms with Crippen LogP contribution >= 0.6 is 11.3 Å². The first-order chi connectivity index (χ1) is 10.2. The molecule has 0 radical (unpaired) electrons. The number of aromatic nitrogens is 1. The number of piperidine rings is 1. The highest BCUT2D eigenvalue weighted by Gasteiger charge is 2.21. The summed E-state index contributed by atoms with van der Waals surface area (Å²) in [6, 6.07) is 0. The van der Waals surface area contributed by atoms with E-state index in [2.05, 4.69) is 27.5 Å². The van der Waals surface area contributed by atoms with Gasteiger partial charge in [-0.15, -0.1) is 11.3 Å². The summed E-state index contributed by atoms with van der Waals surface area (Å²) < 4.78 is 0. The van der Waals surface area contributed by atoms with Gasteiger partial charge >= 0.3 is 0 Å². The molecule has 1 aliphatic heterocycles. The summed E-state index contributed by atoms with van der Waals surface area (Å²) >= 11 is 1.69. The summed E-state index contributed by atoms with van der Waals surface area (Å²) in [4.78, 5) is 18.7. The summed E-state index contributed by atoms with van der Waals surface area (Å²) in [6.07, 6.45) is 4.79. The zero-order valence-corrected chi connectivity index (χ0v) is 14.0. The van der Waals surface area contributed by atoms with Crippen molar-refractivity contribution in [3.63, 3.8) is 0 Å². The smallest absolute Gasteiger partial charge is 0.222 e. The van der Waals surface area contributed by atoms with Crippen LogP contribution in [0.1, 0.15) is 43.3 Å². The molecule has 4 nitrogen and oxygen atoms in total. The summed E-state index contributed by atoms with van der Waals surface area (Å²) in [5, 5.41) is 6.62. The third-order valence-electron chi connectivity index (χ3n) is 4.14. The Bertz CT molecular complexity index is 438. The molecule has 0 saturated carbocycles. The SMILES string of the molecule is CCNCC1CCN(C(=O)CCCc2csc(C)n2)CC1. The molecule has 0 spiro atoms. The Morgan fingerprint density at radius 3 is 2.86 bits per heavy atom. The fourth-order valence-corrected chi connectivity index (χ4v) is 3.48. The van der Waals surface area contributed by atoms with Crippen molar-refractivity contribution in [2.45, 2.75) is 46.0 Å². The maximum absolute atomic E-state index is 12.2. The van der Waals surface area contributed by atoms with E-state index in [1.807, 2.05) is 6.92 Å². The molecule has 118 valence electrons. The molecule has 1 N–H and O–H groups in total. The number of hydrogen-bond acceptors (Lipinski definition) is 4. The van der Waals surface area contributed by atoms with E-state index in [0.717, 1.165) is 68.5 Å². The lowest BCUT2D eigenvalue weighted by Crippen LogP contribution is -2.40. The van der Waals surface area contributed by atoms with E-state index in [1.54, 1.807) is 11.3 Å². The summed E-state index contributed by atoms with van der Waals surface area (Å²) in [5.74, 6) is 1.07. The number of aryl methyl sites for hydroxylation is 2. The number of carbonyl (C=O) groups excluding carboxylic acids is 1. The lowest BCUT2D eigenvalue weighted by molar-refractivity contribution is -0.132. The fourth-order valence-electron chi connectivity index (χ4n) is 2.84. The van der Waals surface area contributed by atoms with Crippen LogP contribution in [0.2, 0.25) is 0 Å². The average Bonchev–Trinajstić information content (AvgIpc) is 2.91. The van der Waals surface area contributed by atoms with Crippen LogP contribution in [-0.4, -0.2) is 42.0 Å². The van der Waals surface area contributed by atoms with E-state index < -0.39 is 0 Å². The van der Waals surface area contributed by atoms with E-state index >= 15 is 0 Å². The lowest BCUT2D eigenvalue weighted by atomic mass is 9.96. The van der Waals surface area contributed by atoms with Crippen LogP contribution in [0.15, 0.2) is 5.38 Å². The number of nitrogens with zero attached hydrogens (tertiary/aromatic N) is 2. The zero-order valence-electron chi connectivity index (χ0n) is 13.2. The van der Waals surface area contributed by atoms with E-state index in [-0.39, 0.29) is 0 Å². The van der Waals surface area contributed by atoms with Crippen molar-refractivity contribution in [1.82, 2.24) is 15.2 Å². The maximum Gasteiger partial charge on any atom is 0.222 e. The largest absolute Gasteiger partial charge is 0.343 e. The average molecular weight is 309 g/mol. The van der Waals surface area contributed by atoms with Crippen LogP contribution in [0.25, 0.3) is 0 Å². The fraction of sp³-hybridized carbons (Fsp3) is 0.750. The van der Waals surface area contributed by atoms with Crippen LogP contribution in [0, 0.1) is 12.8 Å². The van der Waals surface area contributed by atoms with Crippen LogP contribution in [0.3, 0.4) is 0 Å². The molecule has 0 bridgehead atoms. The molecule has 1 saturated heterocycles. The normalized spacial score (nSPS) is 16.4. The molecule has 5 heteroatoms. The van der Waals surface area contributed by atoms with E-state index in [4.69, 9.17) is 0 Å². The molecule has 1 aromatic heterocycles. The minimum Gasteiger partial charge on any atom is -0.343 e. The molecule has 1 aliphatic rings. The number of thiazole rings is 1. The Morgan fingerprint density at radius 2 is 2.24 bits per heavy atom. The molecule has 1 amide bonds. The minimum absolute atomic E-state index is 0.323. The summed E-state index contributed by atoms with van der Waals surface area (Å²) in [7, 11) is 0. The standard InChI is InChI=1S/C16H27N3OS/c1-3-17-11-14-7-9-19(10-8-14)16(20)6-4-5-15-12-21-13(2)18-15/h12,14,17H,3-11H2,1-2H3. The number of carbonyl (C=O) groups is 1. The number of amides is 1. The van der Waals surface area contributed by atoms with Gasteiger partial charge < -0.3 is 10.2 Å². The molecule has 2 heterocycles. The van der Waals surface area contributed by atoms with Gasteiger partial charge in [0.2, 0.25) is 5.91 Å². The molecule has 1 aromatic rings. The molecule has 0 aliphatic carbocycles. The Hall–Kier alpha value is -0.940. The molecule has 21 heavy (non-hydrogen) atoms. The quantitative estimate of drug-likeness (QED) is 0.842. The molecule has 0 aromatic carbocycles. The van der Waals surface area contributed by atoms with Gasteiger partial charge in [-0.1, -0.05) is 6.92 Å². The Morgan fingerprint density at radius 1 is 1.48 bits per heavy atom. The van der Waals surface area contributed by atoms with Crippen molar-refractivity contribution in [1.29, 1.82) is 0 Å². The van der Waals surface area contributed by atoms with Gasteiger partial charge in [-0.2, -0.15) is 0 Å². The van der Waals surface area contributed by atoms with Crippen LogP contribution < -0.4 is 5.32 Å². The second-order valence-electron chi connectivity index (χ2n) is 5.84. The Kier molecular flexibility index (Phi) is 6.64. The van der Waals surface area contributed by atoms with Gasteiger partial charge in [-0.25, -0.2) is 4.98 Å². The van der Waals surface area contributed by atoms with Gasteiger partial charge in [-0.3, -0.25) is 4.79 Å². The van der Waals surface area contributed by atoms with Crippen molar-refractivity contribution in [3.8, 4) is 0 Å². The van der Waals surface area contributed by atoms with Crippen molar-refractivity contribution in [3.05, 3.63) is 16.1 Å². The molecular weight excluding hydrogens is 282 g/mol. The third-order valence-corrected chi connectivity index (χ3v) is 4.96. The van der Waals surface area contributed by atoms with E-state index in [1.165, 1.54) is 0 Å². The summed E-state index contributed by atoms with van der Waals surface area (Å²) in [5.41, 5.74) is 1.13.